The molecule has 0 aliphatic rings. The number of aromatic nitrogens is 1. The molecule has 0 unspecified atom stereocenters. The number of carboxylic acid groups (broad SMARTS) is 2. The summed E-state index contributed by atoms with van der Waals surface area (Å²) < 4.78 is 31.7. The molecule has 0 spiro atoms. The van der Waals surface area contributed by atoms with Crippen molar-refractivity contribution in [2.75, 3.05) is 6.54 Å². The number of nitrogens with one attached hydrogen (secondary N) is 1. The average Bonchev–Trinajstić information content (AvgIpc) is 2.91. The molecule has 2 aromatic carbocycles. The molecular weight excluding hydrogens is 535 g/mol. The number of hydrogen-bond acceptors (Lipinski definition) is 7. The second-order valence-electron chi connectivity index (χ2n) is 8.21. The van der Waals surface area contributed by atoms with Crippen LogP contribution in [-0.4, -0.2) is 63.8 Å². The van der Waals surface area contributed by atoms with E-state index in [1.807, 2.05) is 54.6 Å². The maximum atomic E-state index is 11.8. The number of primary amides is 1. The summed E-state index contributed by atoms with van der Waals surface area (Å²) in [6.07, 6.45) is -2.29. The molecule has 0 saturated heterocycles. The molecule has 2 atom stereocenters. The Balaban J connectivity index is 0.000000340. The van der Waals surface area contributed by atoms with Crippen LogP contribution >= 0.6 is 0 Å². The van der Waals surface area contributed by atoms with Crippen LogP contribution in [0.4, 0.5) is 13.2 Å². The van der Waals surface area contributed by atoms with Crippen molar-refractivity contribution in [1.29, 1.82) is 0 Å². The van der Waals surface area contributed by atoms with E-state index in [9.17, 15) is 27.6 Å². The first-order valence-electron chi connectivity index (χ1n) is 11.7. The topological polar surface area (TPSA) is 212 Å². The molecule has 11 nitrogen and oxygen atoms in total. The van der Waals surface area contributed by atoms with E-state index in [4.69, 9.17) is 32.2 Å². The molecule has 2 amide bonds. The quantitative estimate of drug-likeness (QED) is 0.223. The number of carbonyl (C=O) groups excluding carboxylic acids is 2. The van der Waals surface area contributed by atoms with Crippen LogP contribution in [0.15, 0.2) is 66.9 Å². The van der Waals surface area contributed by atoms with Crippen molar-refractivity contribution in [2.45, 2.75) is 37.5 Å². The van der Waals surface area contributed by atoms with Crippen molar-refractivity contribution in [3.05, 3.63) is 78.0 Å². The molecule has 14 heteroatoms. The zero-order chi connectivity index (χ0) is 30.3. The highest BCUT2D eigenvalue weighted by atomic mass is 19.4. The van der Waals surface area contributed by atoms with E-state index in [1.54, 1.807) is 6.07 Å². The van der Waals surface area contributed by atoms with Crippen LogP contribution in [0.3, 0.4) is 0 Å². The summed E-state index contributed by atoms with van der Waals surface area (Å²) in [7, 11) is 0. The highest BCUT2D eigenvalue weighted by Gasteiger charge is 2.38. The van der Waals surface area contributed by atoms with Gasteiger partial charge in [0, 0.05) is 18.0 Å². The van der Waals surface area contributed by atoms with Gasteiger partial charge in [0.05, 0.1) is 17.1 Å². The average molecular weight is 566 g/mol. The Morgan fingerprint density at radius 2 is 1.55 bits per heavy atom. The van der Waals surface area contributed by atoms with Gasteiger partial charge in [0.25, 0.3) is 0 Å². The lowest BCUT2D eigenvalue weighted by Crippen LogP contribution is -2.49. The van der Waals surface area contributed by atoms with Crippen LogP contribution in [0.2, 0.25) is 0 Å². The highest BCUT2D eigenvalue weighted by molar-refractivity contribution is 5.96. The van der Waals surface area contributed by atoms with Gasteiger partial charge in [-0.15, -0.1) is 0 Å². The number of nitrogens with two attached hydrogens (primary N) is 3. The number of rotatable bonds is 9. The predicted molar refractivity (Wildman–Crippen MR) is 140 cm³/mol. The van der Waals surface area contributed by atoms with Gasteiger partial charge in [-0.05, 0) is 37.1 Å². The molecule has 3 rings (SSSR count). The van der Waals surface area contributed by atoms with Crippen LogP contribution in [0.25, 0.3) is 10.9 Å². The van der Waals surface area contributed by atoms with Gasteiger partial charge in [-0.25, -0.2) is 9.59 Å². The number of carboxylic acids is 2. The molecular formula is C26H30F3N5O6. The fourth-order valence-electron chi connectivity index (χ4n) is 3.00. The SMILES string of the molecule is NC(=O)c1cnc2ccccc2c1.NCCC[C@@H](N)C(=O)N[C@H](Cc1ccccc1)C(=O)O.O=C(O)C(F)(F)F. The second kappa shape index (κ2) is 16.4. The Morgan fingerprint density at radius 3 is 2.08 bits per heavy atom. The molecule has 0 bridgehead atoms. The fourth-order valence-corrected chi connectivity index (χ4v) is 3.00. The van der Waals surface area contributed by atoms with Crippen molar-refractivity contribution in [1.82, 2.24) is 10.3 Å². The molecule has 0 aliphatic carbocycles. The number of nitrogens with zero attached hydrogens (tertiary/aromatic N) is 1. The first-order chi connectivity index (χ1) is 18.8. The van der Waals surface area contributed by atoms with E-state index in [0.29, 0.717) is 24.9 Å². The van der Waals surface area contributed by atoms with Gasteiger partial charge in [-0.3, -0.25) is 14.6 Å². The molecule has 216 valence electrons. The number of hydrogen-bond donors (Lipinski definition) is 6. The highest BCUT2D eigenvalue weighted by Crippen LogP contribution is 2.13. The molecule has 0 radical (unpaired) electrons. The number of halogens is 3. The van der Waals surface area contributed by atoms with Gasteiger partial charge in [-0.2, -0.15) is 13.2 Å². The van der Waals surface area contributed by atoms with Gasteiger partial charge in [-0.1, -0.05) is 48.5 Å². The van der Waals surface area contributed by atoms with Crippen molar-refractivity contribution < 1.29 is 42.6 Å². The summed E-state index contributed by atoms with van der Waals surface area (Å²) >= 11 is 0. The van der Waals surface area contributed by atoms with Crippen molar-refractivity contribution in [3.63, 3.8) is 0 Å². The van der Waals surface area contributed by atoms with Crippen LogP contribution in [0.1, 0.15) is 28.8 Å². The molecule has 0 fully saturated rings. The van der Waals surface area contributed by atoms with E-state index in [1.165, 1.54) is 6.20 Å². The van der Waals surface area contributed by atoms with E-state index < -0.39 is 42.0 Å². The molecule has 0 aliphatic heterocycles. The number of aliphatic carboxylic acids is 2. The Kier molecular flexibility index (Phi) is 13.7. The normalized spacial score (nSPS) is 12.0. The van der Waals surface area contributed by atoms with Gasteiger partial charge in [0.1, 0.15) is 6.04 Å². The van der Waals surface area contributed by atoms with Crippen molar-refractivity contribution in [3.8, 4) is 0 Å². The minimum atomic E-state index is -5.08. The summed E-state index contributed by atoms with van der Waals surface area (Å²) in [5.41, 5.74) is 18.3. The van der Waals surface area contributed by atoms with E-state index in [2.05, 4.69) is 10.3 Å². The number of amides is 2. The number of para-hydroxylation sites is 1. The number of carbonyl (C=O) groups is 4. The third kappa shape index (κ3) is 12.3. The Bertz CT molecular complexity index is 1270. The van der Waals surface area contributed by atoms with E-state index in [-0.39, 0.29) is 6.42 Å². The largest absolute Gasteiger partial charge is 0.490 e. The fraction of sp³-hybridized carbons (Fsp3) is 0.269. The van der Waals surface area contributed by atoms with E-state index >= 15 is 0 Å². The number of fused-ring (bicyclic) bond motifs is 1. The lowest BCUT2D eigenvalue weighted by molar-refractivity contribution is -0.192. The zero-order valence-corrected chi connectivity index (χ0v) is 21.2. The summed E-state index contributed by atoms with van der Waals surface area (Å²) in [6, 6.07) is 16.7. The lowest BCUT2D eigenvalue weighted by Gasteiger charge is -2.17. The third-order valence-corrected chi connectivity index (χ3v) is 5.07. The molecule has 9 N–H and O–H groups in total. The number of benzene rings is 2. The first-order valence-corrected chi connectivity index (χ1v) is 11.7. The molecule has 1 heterocycles. The maximum Gasteiger partial charge on any atom is 0.490 e. The predicted octanol–water partition coefficient (Wildman–Crippen LogP) is 1.83. The number of pyridine rings is 1. The first kappa shape index (κ1) is 33.5. The van der Waals surface area contributed by atoms with Gasteiger partial charge < -0.3 is 32.7 Å². The molecule has 40 heavy (non-hydrogen) atoms. The zero-order valence-electron chi connectivity index (χ0n) is 21.2. The van der Waals surface area contributed by atoms with Crippen molar-refractivity contribution in [2.24, 2.45) is 17.2 Å². The van der Waals surface area contributed by atoms with Crippen LogP contribution in [-0.2, 0) is 20.8 Å². The monoisotopic (exact) mass is 565 g/mol. The molecule has 1 aromatic heterocycles. The van der Waals surface area contributed by atoms with Gasteiger partial charge in [0.15, 0.2) is 0 Å². The third-order valence-electron chi connectivity index (χ3n) is 5.07. The maximum absolute atomic E-state index is 11.8. The molecule has 0 saturated carbocycles. The summed E-state index contributed by atoms with van der Waals surface area (Å²) in [5, 5.41) is 19.7. The summed E-state index contributed by atoms with van der Waals surface area (Å²) in [5.74, 6) is -4.74. The lowest BCUT2D eigenvalue weighted by atomic mass is 10.0. The Hall–Kier alpha value is -4.56. The smallest absolute Gasteiger partial charge is 0.480 e. The summed E-state index contributed by atoms with van der Waals surface area (Å²) in [4.78, 5) is 46.8. The molecule has 3 aromatic rings. The van der Waals surface area contributed by atoms with Crippen LogP contribution < -0.4 is 22.5 Å². The van der Waals surface area contributed by atoms with Crippen LogP contribution in [0.5, 0.6) is 0 Å². The number of alkyl halides is 3. The van der Waals surface area contributed by atoms with Gasteiger partial charge >= 0.3 is 18.1 Å². The standard InChI is InChI=1S/C14H21N3O3.C10H8N2O.C2HF3O2/c15-8-4-7-11(16)13(18)17-12(14(19)20)9-10-5-2-1-3-6-10;11-10(13)8-5-7-3-1-2-4-9(7)12-6-8;3-2(4,5)1(6)7/h1-3,5-6,11-12H,4,7-9,15-16H2,(H,17,18)(H,19,20);1-6H,(H2,11,13);(H,6,7)/t11-,12-;;/m1../s1. The summed E-state index contributed by atoms with van der Waals surface area (Å²) in [6.45, 7) is 0.452. The second-order valence-corrected chi connectivity index (χ2v) is 8.21. The Morgan fingerprint density at radius 1 is 0.975 bits per heavy atom. The van der Waals surface area contributed by atoms with Crippen molar-refractivity contribution >= 4 is 34.7 Å². The van der Waals surface area contributed by atoms with E-state index in [0.717, 1.165) is 16.5 Å². The van der Waals surface area contributed by atoms with Gasteiger partial charge in [0.2, 0.25) is 11.8 Å². The van der Waals surface area contributed by atoms with Crippen LogP contribution in [0, 0.1) is 0 Å². The minimum absolute atomic E-state index is 0.228. The Labute approximate surface area is 227 Å². The minimum Gasteiger partial charge on any atom is -0.480 e.